The molecule has 0 N–H and O–H groups in total. The van der Waals surface area contributed by atoms with Gasteiger partial charge in [-0.05, 0) is 24.5 Å². The van der Waals surface area contributed by atoms with Gasteiger partial charge in [-0.2, -0.15) is 13.2 Å². The first-order valence-electron chi connectivity index (χ1n) is 7.49. The largest absolute Gasteiger partial charge is 0.416 e. The van der Waals surface area contributed by atoms with Gasteiger partial charge in [-0.25, -0.2) is 0 Å². The highest BCUT2D eigenvalue weighted by Gasteiger charge is 2.29. The van der Waals surface area contributed by atoms with Gasteiger partial charge in [-0.3, -0.25) is 0 Å². The standard InChI is InChI=1S/C9H12.C8H7F3.C2H6/c1-8(2)9-6-4-3-5-7-9;1-6-3-2-4-7(5-6)8(9,10)11;1-2/h3-8H,1-2H3;2-5H,1H3;1-2H3. The van der Waals surface area contributed by atoms with E-state index in [4.69, 9.17) is 0 Å². The van der Waals surface area contributed by atoms with E-state index in [-0.39, 0.29) is 0 Å². The summed E-state index contributed by atoms with van der Waals surface area (Å²) in [5.74, 6) is 0.659. The van der Waals surface area contributed by atoms with Crippen molar-refractivity contribution in [2.24, 2.45) is 0 Å². The fourth-order valence-corrected chi connectivity index (χ4v) is 1.66. The molecule has 3 heteroatoms. The molecule has 0 aliphatic rings. The number of hydrogen-bond donors (Lipinski definition) is 0. The van der Waals surface area contributed by atoms with Gasteiger partial charge >= 0.3 is 6.18 Å². The fraction of sp³-hybridized carbons (Fsp3) is 0.368. The van der Waals surface area contributed by atoms with E-state index in [1.165, 1.54) is 11.6 Å². The predicted molar refractivity (Wildman–Crippen MR) is 88.1 cm³/mol. The maximum atomic E-state index is 12.0. The summed E-state index contributed by atoms with van der Waals surface area (Å²) in [4.78, 5) is 0. The highest BCUT2D eigenvalue weighted by molar-refractivity contribution is 5.24. The van der Waals surface area contributed by atoms with E-state index in [0.29, 0.717) is 11.5 Å². The van der Waals surface area contributed by atoms with Crippen LogP contribution >= 0.6 is 0 Å². The molecule has 2 aromatic carbocycles. The van der Waals surface area contributed by atoms with Crippen LogP contribution in [0.1, 0.15) is 50.3 Å². The molecule has 122 valence electrons. The third-order valence-electron chi connectivity index (χ3n) is 2.81. The molecule has 0 saturated carbocycles. The van der Waals surface area contributed by atoms with E-state index in [2.05, 4.69) is 38.1 Å². The third-order valence-corrected chi connectivity index (χ3v) is 2.81. The van der Waals surface area contributed by atoms with Crippen molar-refractivity contribution in [1.29, 1.82) is 0 Å². The second-order valence-electron chi connectivity index (χ2n) is 4.93. The zero-order chi connectivity index (χ0) is 17.2. The molecule has 22 heavy (non-hydrogen) atoms. The van der Waals surface area contributed by atoms with Crippen molar-refractivity contribution in [3.63, 3.8) is 0 Å². The van der Waals surface area contributed by atoms with Crippen molar-refractivity contribution in [3.8, 4) is 0 Å². The number of benzene rings is 2. The highest BCUT2D eigenvalue weighted by atomic mass is 19.4. The second kappa shape index (κ2) is 10.0. The number of hydrogen-bond acceptors (Lipinski definition) is 0. The van der Waals surface area contributed by atoms with Crippen molar-refractivity contribution in [3.05, 3.63) is 71.3 Å². The van der Waals surface area contributed by atoms with Crippen molar-refractivity contribution in [1.82, 2.24) is 0 Å². The van der Waals surface area contributed by atoms with Crippen LogP contribution in [0.15, 0.2) is 54.6 Å². The molecule has 0 aliphatic carbocycles. The number of alkyl halides is 3. The van der Waals surface area contributed by atoms with Crippen LogP contribution in [0.25, 0.3) is 0 Å². The molecule has 0 radical (unpaired) electrons. The summed E-state index contributed by atoms with van der Waals surface area (Å²) in [5, 5.41) is 0. The number of halogens is 3. The first kappa shape index (κ1) is 20.2. The SMILES string of the molecule is CC.CC(C)c1ccccc1.Cc1cccc(C(F)(F)F)c1. The van der Waals surface area contributed by atoms with Crippen LogP contribution in [-0.2, 0) is 6.18 Å². The summed E-state index contributed by atoms with van der Waals surface area (Å²) < 4.78 is 35.9. The van der Waals surface area contributed by atoms with Crippen molar-refractivity contribution < 1.29 is 13.2 Å². The highest BCUT2D eigenvalue weighted by Crippen LogP contribution is 2.29. The van der Waals surface area contributed by atoms with Crippen molar-refractivity contribution in [2.45, 2.75) is 46.7 Å². The van der Waals surface area contributed by atoms with Crippen molar-refractivity contribution in [2.75, 3.05) is 0 Å². The van der Waals surface area contributed by atoms with Crippen LogP contribution in [0.2, 0.25) is 0 Å². The molecule has 0 atom stereocenters. The maximum Gasteiger partial charge on any atom is 0.416 e. The van der Waals surface area contributed by atoms with E-state index in [1.807, 2.05) is 19.9 Å². The van der Waals surface area contributed by atoms with E-state index in [9.17, 15) is 13.2 Å². The van der Waals surface area contributed by atoms with Gasteiger partial charge < -0.3 is 0 Å². The first-order chi connectivity index (χ1) is 10.3. The maximum absolute atomic E-state index is 12.0. The topological polar surface area (TPSA) is 0 Å². The van der Waals surface area contributed by atoms with Crippen molar-refractivity contribution >= 4 is 0 Å². The molecule has 0 aliphatic heterocycles. The molecular weight excluding hydrogens is 285 g/mol. The fourth-order valence-electron chi connectivity index (χ4n) is 1.66. The van der Waals surface area contributed by atoms with Crippen LogP contribution in [-0.4, -0.2) is 0 Å². The lowest BCUT2D eigenvalue weighted by Gasteiger charge is -2.05. The Hall–Kier alpha value is -1.77. The smallest absolute Gasteiger partial charge is 0.166 e. The second-order valence-corrected chi connectivity index (χ2v) is 4.93. The lowest BCUT2D eigenvalue weighted by Crippen LogP contribution is -2.04. The van der Waals surface area contributed by atoms with Gasteiger partial charge in [0.25, 0.3) is 0 Å². The molecule has 0 spiro atoms. The lowest BCUT2D eigenvalue weighted by molar-refractivity contribution is -0.137. The Bertz CT molecular complexity index is 514. The average molecular weight is 310 g/mol. The minimum atomic E-state index is -4.22. The Morgan fingerprint density at radius 2 is 1.36 bits per heavy atom. The first-order valence-corrected chi connectivity index (χ1v) is 7.49. The summed E-state index contributed by atoms with van der Waals surface area (Å²) in [7, 11) is 0. The minimum Gasteiger partial charge on any atom is -0.166 e. The van der Waals surface area contributed by atoms with E-state index >= 15 is 0 Å². The van der Waals surface area contributed by atoms with Gasteiger partial charge in [0.15, 0.2) is 0 Å². The zero-order valence-electron chi connectivity index (χ0n) is 13.9. The normalized spacial score (nSPS) is 10.2. The Morgan fingerprint density at radius 1 is 0.818 bits per heavy atom. The summed E-state index contributed by atoms with van der Waals surface area (Å²) in [6, 6.07) is 15.7. The molecule has 0 fully saturated rings. The van der Waals surface area contributed by atoms with Crippen LogP contribution in [0.5, 0.6) is 0 Å². The molecule has 0 heterocycles. The summed E-state index contributed by atoms with van der Waals surface area (Å²) in [6.07, 6.45) is -4.22. The van der Waals surface area contributed by atoms with E-state index in [0.717, 1.165) is 12.1 Å². The van der Waals surface area contributed by atoms with Crippen LogP contribution in [0.4, 0.5) is 13.2 Å². The van der Waals surface area contributed by atoms with Crippen LogP contribution in [0, 0.1) is 6.92 Å². The van der Waals surface area contributed by atoms with Gasteiger partial charge in [0, 0.05) is 0 Å². The monoisotopic (exact) mass is 310 g/mol. The Kier molecular flexibility index (Phi) is 9.23. The molecule has 0 unspecified atom stereocenters. The average Bonchev–Trinajstić information content (AvgIpc) is 2.50. The lowest BCUT2D eigenvalue weighted by atomic mass is 10.0. The molecule has 0 bridgehead atoms. The minimum absolute atomic E-state index is 0.586. The summed E-state index contributed by atoms with van der Waals surface area (Å²) >= 11 is 0. The molecule has 0 saturated heterocycles. The zero-order valence-corrected chi connectivity index (χ0v) is 13.9. The van der Waals surface area contributed by atoms with Gasteiger partial charge in [0.2, 0.25) is 0 Å². The molecule has 2 rings (SSSR count). The molecule has 0 nitrogen and oxygen atoms in total. The number of rotatable bonds is 1. The van der Waals surface area contributed by atoms with Gasteiger partial charge in [0.1, 0.15) is 0 Å². The molecule has 0 amide bonds. The quantitative estimate of drug-likeness (QED) is 0.540. The third kappa shape index (κ3) is 7.87. The Labute approximate surface area is 132 Å². The summed E-state index contributed by atoms with van der Waals surface area (Å²) in [6.45, 7) is 10.0. The predicted octanol–water partition coefficient (Wildman–Crippen LogP) is 6.85. The Balaban J connectivity index is 0.000000366. The molecule has 2 aromatic rings. The Morgan fingerprint density at radius 3 is 1.68 bits per heavy atom. The van der Waals surface area contributed by atoms with Crippen LogP contribution in [0.3, 0.4) is 0 Å². The van der Waals surface area contributed by atoms with Crippen LogP contribution < -0.4 is 0 Å². The van der Waals surface area contributed by atoms with Gasteiger partial charge in [0.05, 0.1) is 5.56 Å². The van der Waals surface area contributed by atoms with Gasteiger partial charge in [-0.1, -0.05) is 81.8 Å². The van der Waals surface area contributed by atoms with E-state index < -0.39 is 11.7 Å². The molecular formula is C19H25F3. The van der Waals surface area contributed by atoms with E-state index in [1.54, 1.807) is 13.0 Å². The molecule has 0 aromatic heterocycles. The van der Waals surface area contributed by atoms with Gasteiger partial charge in [-0.15, -0.1) is 0 Å². The number of aryl methyl sites for hydroxylation is 1. The summed E-state index contributed by atoms with van der Waals surface area (Å²) in [5.41, 5.74) is 1.45.